The van der Waals surface area contributed by atoms with Gasteiger partial charge in [0, 0.05) is 28.7 Å². The first kappa shape index (κ1) is 16.4. The summed E-state index contributed by atoms with van der Waals surface area (Å²) in [7, 11) is 0. The van der Waals surface area contributed by atoms with Crippen molar-refractivity contribution in [1.29, 1.82) is 0 Å². The third-order valence-electron chi connectivity index (χ3n) is 3.75. The van der Waals surface area contributed by atoms with Crippen LogP contribution in [-0.2, 0) is 0 Å². The largest absolute Gasteiger partial charge is 0.371 e. The van der Waals surface area contributed by atoms with Crippen LogP contribution in [0, 0.1) is 17.0 Å². The number of amides is 1. The summed E-state index contributed by atoms with van der Waals surface area (Å²) in [6.45, 7) is 3.86. The number of carbonyl (C=O) groups is 1. The fraction of sp³-hybridized carbons (Fsp3) is 0.375. The van der Waals surface area contributed by atoms with E-state index in [-0.39, 0.29) is 23.7 Å². The number of nitro groups is 1. The fourth-order valence-corrected chi connectivity index (χ4v) is 3.09. The van der Waals surface area contributed by atoms with Crippen LogP contribution in [-0.4, -0.2) is 21.9 Å². The van der Waals surface area contributed by atoms with Crippen LogP contribution in [0.4, 0.5) is 11.4 Å². The summed E-state index contributed by atoms with van der Waals surface area (Å²) >= 11 is 1.54. The molecule has 1 unspecified atom stereocenters. The Bertz CT molecular complexity index is 785. The second-order valence-corrected chi connectivity index (χ2v) is 7.18. The van der Waals surface area contributed by atoms with Gasteiger partial charge in [0.2, 0.25) is 0 Å². The molecule has 0 spiro atoms. The van der Waals surface area contributed by atoms with E-state index in [1.54, 1.807) is 29.7 Å². The lowest BCUT2D eigenvalue weighted by atomic mass is 10.1. The number of carbonyl (C=O) groups excluding carboxylic acids is 1. The predicted molar refractivity (Wildman–Crippen MR) is 92.5 cm³/mol. The average molecular weight is 346 g/mol. The van der Waals surface area contributed by atoms with E-state index < -0.39 is 4.92 Å². The van der Waals surface area contributed by atoms with Gasteiger partial charge in [0.1, 0.15) is 10.7 Å². The molecule has 0 bridgehead atoms. The Kier molecular flexibility index (Phi) is 4.48. The second-order valence-electron chi connectivity index (χ2n) is 5.91. The van der Waals surface area contributed by atoms with Crippen molar-refractivity contribution >= 4 is 28.6 Å². The van der Waals surface area contributed by atoms with Gasteiger partial charge in [-0.25, -0.2) is 4.98 Å². The molecule has 1 aromatic carbocycles. The minimum absolute atomic E-state index is 0.112. The van der Waals surface area contributed by atoms with Gasteiger partial charge in [-0.15, -0.1) is 11.3 Å². The van der Waals surface area contributed by atoms with Crippen molar-refractivity contribution in [2.45, 2.75) is 38.8 Å². The predicted octanol–water partition coefficient (Wildman–Crippen LogP) is 3.43. The van der Waals surface area contributed by atoms with E-state index >= 15 is 0 Å². The monoisotopic (exact) mass is 346 g/mol. The number of rotatable bonds is 6. The Morgan fingerprint density at radius 3 is 2.79 bits per heavy atom. The van der Waals surface area contributed by atoms with Gasteiger partial charge in [0.15, 0.2) is 0 Å². The van der Waals surface area contributed by atoms with Crippen molar-refractivity contribution in [1.82, 2.24) is 10.3 Å². The van der Waals surface area contributed by atoms with Crippen molar-refractivity contribution < 1.29 is 9.72 Å². The van der Waals surface area contributed by atoms with Gasteiger partial charge in [0.05, 0.1) is 11.0 Å². The molecule has 1 heterocycles. The van der Waals surface area contributed by atoms with Gasteiger partial charge in [-0.3, -0.25) is 14.9 Å². The van der Waals surface area contributed by atoms with Gasteiger partial charge >= 0.3 is 0 Å². The Labute approximate surface area is 143 Å². The zero-order valence-corrected chi connectivity index (χ0v) is 14.2. The van der Waals surface area contributed by atoms with Crippen LogP contribution in [0.5, 0.6) is 0 Å². The molecule has 0 aliphatic heterocycles. The van der Waals surface area contributed by atoms with Crippen molar-refractivity contribution in [2.24, 2.45) is 0 Å². The van der Waals surface area contributed by atoms with Crippen LogP contribution >= 0.6 is 11.3 Å². The zero-order chi connectivity index (χ0) is 17.3. The molecule has 1 amide bonds. The number of aryl methyl sites for hydroxylation is 1. The number of aromatic nitrogens is 1. The summed E-state index contributed by atoms with van der Waals surface area (Å²) in [4.78, 5) is 28.3. The van der Waals surface area contributed by atoms with Gasteiger partial charge in [0.25, 0.3) is 11.6 Å². The van der Waals surface area contributed by atoms with Crippen molar-refractivity contribution in [3.05, 3.63) is 50.0 Å². The van der Waals surface area contributed by atoms with Crippen LogP contribution in [0.1, 0.15) is 46.0 Å². The SMILES string of the molecule is Cc1cnc(C(C)Nc2ccc(C(=O)NC3CC3)cc2[N+](=O)[O-])s1. The molecule has 0 radical (unpaired) electrons. The highest BCUT2D eigenvalue weighted by Crippen LogP contribution is 2.30. The highest BCUT2D eigenvalue weighted by atomic mass is 32.1. The third-order valence-corrected chi connectivity index (χ3v) is 4.85. The van der Waals surface area contributed by atoms with Crippen molar-refractivity contribution in [3.8, 4) is 0 Å². The summed E-state index contributed by atoms with van der Waals surface area (Å²) in [6, 6.07) is 4.56. The molecule has 8 heteroatoms. The number of hydrogen-bond donors (Lipinski definition) is 2. The first-order valence-electron chi connectivity index (χ1n) is 7.72. The summed E-state index contributed by atoms with van der Waals surface area (Å²) in [5, 5.41) is 18.2. The molecule has 3 rings (SSSR count). The molecule has 1 saturated carbocycles. The third kappa shape index (κ3) is 3.70. The maximum Gasteiger partial charge on any atom is 0.293 e. The molecule has 0 saturated heterocycles. The van der Waals surface area contributed by atoms with Crippen LogP contribution in [0.2, 0.25) is 0 Å². The van der Waals surface area contributed by atoms with Gasteiger partial charge < -0.3 is 10.6 Å². The van der Waals surface area contributed by atoms with Gasteiger partial charge in [-0.1, -0.05) is 0 Å². The van der Waals surface area contributed by atoms with Crippen LogP contribution < -0.4 is 10.6 Å². The number of benzene rings is 1. The molecule has 2 N–H and O–H groups in total. The van der Waals surface area contributed by atoms with E-state index in [2.05, 4.69) is 15.6 Å². The zero-order valence-electron chi connectivity index (χ0n) is 13.4. The first-order chi connectivity index (χ1) is 11.4. The molecule has 1 atom stereocenters. The summed E-state index contributed by atoms with van der Waals surface area (Å²) < 4.78 is 0. The second kappa shape index (κ2) is 6.56. The Morgan fingerprint density at radius 1 is 1.46 bits per heavy atom. The summed E-state index contributed by atoms with van der Waals surface area (Å²) in [6.07, 6.45) is 3.72. The molecule has 1 aliphatic carbocycles. The topological polar surface area (TPSA) is 97.2 Å². The normalized spacial score (nSPS) is 14.9. The lowest BCUT2D eigenvalue weighted by molar-refractivity contribution is -0.384. The molecule has 2 aromatic rings. The highest BCUT2D eigenvalue weighted by Gasteiger charge is 2.25. The molecule has 1 aromatic heterocycles. The smallest absolute Gasteiger partial charge is 0.293 e. The number of hydrogen-bond acceptors (Lipinski definition) is 6. The molecule has 24 heavy (non-hydrogen) atoms. The number of nitro benzene ring substituents is 1. The maximum atomic E-state index is 12.1. The summed E-state index contributed by atoms with van der Waals surface area (Å²) in [5.74, 6) is -0.268. The van der Waals surface area contributed by atoms with Gasteiger partial charge in [-0.2, -0.15) is 0 Å². The Balaban J connectivity index is 1.81. The standard InChI is InChI=1S/C16H18N4O3S/c1-9-8-17-16(24-9)10(2)18-13-6-3-11(7-14(13)20(22)23)15(21)19-12-4-5-12/h3,6-8,10,12,18H,4-5H2,1-2H3,(H,19,21). The molecule has 126 valence electrons. The van der Waals surface area contributed by atoms with Crippen LogP contribution in [0.3, 0.4) is 0 Å². The van der Waals surface area contributed by atoms with Gasteiger partial charge in [-0.05, 0) is 38.8 Å². The number of nitrogens with one attached hydrogen (secondary N) is 2. The van der Waals surface area contributed by atoms with E-state index in [0.29, 0.717) is 11.3 Å². The average Bonchev–Trinajstić information content (AvgIpc) is 3.24. The quantitative estimate of drug-likeness (QED) is 0.617. The van der Waals surface area contributed by atoms with E-state index in [1.165, 1.54) is 6.07 Å². The highest BCUT2D eigenvalue weighted by molar-refractivity contribution is 7.11. The van der Waals surface area contributed by atoms with E-state index in [9.17, 15) is 14.9 Å². The molecular formula is C16H18N4O3S. The number of thiazole rings is 1. The van der Waals surface area contributed by atoms with Crippen LogP contribution in [0.25, 0.3) is 0 Å². The lowest BCUT2D eigenvalue weighted by Gasteiger charge is -2.13. The molecule has 7 nitrogen and oxygen atoms in total. The van der Waals surface area contributed by atoms with Crippen LogP contribution in [0.15, 0.2) is 24.4 Å². The summed E-state index contributed by atoms with van der Waals surface area (Å²) in [5.41, 5.74) is 0.568. The van der Waals surface area contributed by atoms with E-state index in [0.717, 1.165) is 22.7 Å². The molecule has 1 aliphatic rings. The van der Waals surface area contributed by atoms with E-state index in [4.69, 9.17) is 0 Å². The first-order valence-corrected chi connectivity index (χ1v) is 8.54. The Hall–Kier alpha value is -2.48. The Morgan fingerprint density at radius 2 is 2.21 bits per heavy atom. The molecule has 1 fully saturated rings. The molecular weight excluding hydrogens is 328 g/mol. The number of anilines is 1. The van der Waals surface area contributed by atoms with Crippen molar-refractivity contribution in [3.63, 3.8) is 0 Å². The minimum atomic E-state index is -0.476. The fourth-order valence-electron chi connectivity index (χ4n) is 2.31. The van der Waals surface area contributed by atoms with Crippen molar-refractivity contribution in [2.75, 3.05) is 5.32 Å². The lowest BCUT2D eigenvalue weighted by Crippen LogP contribution is -2.25. The number of nitrogens with zero attached hydrogens (tertiary/aromatic N) is 2. The minimum Gasteiger partial charge on any atom is -0.371 e. The maximum absolute atomic E-state index is 12.1. The van der Waals surface area contributed by atoms with E-state index in [1.807, 2.05) is 13.8 Å².